The van der Waals surface area contributed by atoms with Crippen LogP contribution in [0.3, 0.4) is 0 Å². The van der Waals surface area contributed by atoms with Crippen LogP contribution in [0.25, 0.3) is 27.5 Å². The van der Waals surface area contributed by atoms with Gasteiger partial charge in [0.15, 0.2) is 5.88 Å². The number of imide groups is 1. The number of benzene rings is 5. The van der Waals surface area contributed by atoms with Gasteiger partial charge in [-0.05, 0) is 73.0 Å². The monoisotopic (exact) mass is 796 g/mol. The first kappa shape index (κ1) is 36.8. The van der Waals surface area contributed by atoms with Crippen molar-refractivity contribution in [3.05, 3.63) is 160 Å². The molecule has 13 nitrogen and oxygen atoms in total. The number of anilines is 1. The third-order valence-electron chi connectivity index (χ3n) is 12.0. The summed E-state index contributed by atoms with van der Waals surface area (Å²) in [6, 6.07) is 34.7. The number of Topliss-reactive ketones (excluding diaryl/α,β-unsaturated/α-hetero) is 1. The number of amides is 2. The van der Waals surface area contributed by atoms with E-state index < -0.39 is 29.3 Å². The number of aromatic nitrogens is 3. The SMILES string of the molecule is CC(C)CC1NC2(c3ccccc3-n3c2nc2ccccc2c3=O)[C@H]2C(=O)N(c3ccc(C(=O)O)cc3)C(=O)[C@@H]12.O=C1C(c2c(O)[nH]c3ccccc23)=Nc2ccccc21. The van der Waals surface area contributed by atoms with Crippen LogP contribution in [-0.4, -0.2) is 60.1 Å². The number of ketones is 1. The zero-order valence-electron chi connectivity index (χ0n) is 32.3. The molecule has 4 aliphatic rings. The Bertz CT molecular complexity index is 3090. The van der Waals surface area contributed by atoms with Crippen molar-refractivity contribution in [2.24, 2.45) is 22.7 Å². The zero-order valence-corrected chi connectivity index (χ0v) is 32.3. The number of aromatic amines is 1. The van der Waals surface area contributed by atoms with Crippen molar-refractivity contribution in [1.29, 1.82) is 0 Å². The zero-order chi connectivity index (χ0) is 41.6. The number of carbonyl (C=O) groups is 4. The van der Waals surface area contributed by atoms with Crippen molar-refractivity contribution in [3.63, 3.8) is 0 Å². The lowest BCUT2D eigenvalue weighted by Crippen LogP contribution is -2.50. The lowest BCUT2D eigenvalue weighted by atomic mass is 9.75. The second-order valence-corrected chi connectivity index (χ2v) is 15.9. The van der Waals surface area contributed by atoms with Crippen LogP contribution in [0.1, 0.15) is 57.9 Å². The smallest absolute Gasteiger partial charge is 0.335 e. The Morgan fingerprint density at radius 1 is 0.817 bits per heavy atom. The van der Waals surface area contributed by atoms with Crippen LogP contribution in [0.5, 0.6) is 5.88 Å². The molecule has 0 saturated carbocycles. The van der Waals surface area contributed by atoms with Gasteiger partial charge in [-0.2, -0.15) is 0 Å². The third kappa shape index (κ3) is 5.25. The molecule has 4 atom stereocenters. The molecule has 2 amide bonds. The van der Waals surface area contributed by atoms with E-state index in [1.165, 1.54) is 29.2 Å². The van der Waals surface area contributed by atoms with Crippen LogP contribution in [0, 0.1) is 17.8 Å². The highest BCUT2D eigenvalue weighted by atomic mass is 16.4. The number of H-pyrrole nitrogens is 1. The Kier molecular flexibility index (Phi) is 8.30. The van der Waals surface area contributed by atoms with Gasteiger partial charge in [0.25, 0.3) is 5.56 Å². The van der Waals surface area contributed by atoms with Gasteiger partial charge in [0.05, 0.1) is 50.9 Å². The first-order valence-corrected chi connectivity index (χ1v) is 19.6. The highest BCUT2D eigenvalue weighted by molar-refractivity contribution is 6.56. The molecule has 11 rings (SSSR count). The molecule has 296 valence electrons. The number of aliphatic imine (C=N–C) groups is 1. The Morgan fingerprint density at radius 2 is 1.50 bits per heavy atom. The summed E-state index contributed by atoms with van der Waals surface area (Å²) in [6.45, 7) is 4.14. The first-order valence-electron chi connectivity index (χ1n) is 19.6. The molecule has 4 N–H and O–H groups in total. The molecular formula is C47H36N6O7. The van der Waals surface area contributed by atoms with Crippen molar-refractivity contribution in [3.8, 4) is 11.6 Å². The highest BCUT2D eigenvalue weighted by Gasteiger charge is 2.69. The summed E-state index contributed by atoms with van der Waals surface area (Å²) in [4.78, 5) is 79.6. The summed E-state index contributed by atoms with van der Waals surface area (Å²) in [7, 11) is 0. The van der Waals surface area contributed by atoms with Gasteiger partial charge in [-0.1, -0.05) is 74.5 Å². The average Bonchev–Trinajstić information content (AvgIpc) is 4.00. The predicted octanol–water partition coefficient (Wildman–Crippen LogP) is 6.66. The molecule has 2 aromatic heterocycles. The Balaban J connectivity index is 0.000000180. The molecule has 0 bridgehead atoms. The van der Waals surface area contributed by atoms with Gasteiger partial charge < -0.3 is 15.2 Å². The minimum Gasteiger partial charge on any atom is -0.494 e. The fourth-order valence-electron chi connectivity index (χ4n) is 9.54. The van der Waals surface area contributed by atoms with Crippen molar-refractivity contribution in [1.82, 2.24) is 19.9 Å². The lowest BCUT2D eigenvalue weighted by Gasteiger charge is -2.32. The summed E-state index contributed by atoms with van der Waals surface area (Å²) in [5.41, 5.74) is 3.63. The van der Waals surface area contributed by atoms with Gasteiger partial charge in [0.1, 0.15) is 17.1 Å². The van der Waals surface area contributed by atoms with Gasteiger partial charge >= 0.3 is 5.97 Å². The number of carboxylic acids is 1. The van der Waals surface area contributed by atoms with E-state index in [1.807, 2.05) is 66.7 Å². The minimum atomic E-state index is -1.20. The molecule has 2 fully saturated rings. The van der Waals surface area contributed by atoms with Crippen LogP contribution in [0.15, 0.2) is 131 Å². The fraction of sp³-hybridized carbons (Fsp3) is 0.170. The molecule has 0 radical (unpaired) electrons. The lowest BCUT2D eigenvalue weighted by molar-refractivity contribution is -0.123. The fourth-order valence-corrected chi connectivity index (χ4v) is 9.54. The molecule has 60 heavy (non-hydrogen) atoms. The second kappa shape index (κ2) is 13.5. The van der Waals surface area contributed by atoms with E-state index in [4.69, 9.17) is 4.98 Å². The molecule has 4 aliphatic heterocycles. The Labute approximate surface area is 341 Å². The number of fused-ring (bicyclic) bond motifs is 10. The highest BCUT2D eigenvalue weighted by Crippen LogP contribution is 2.56. The number of aromatic hydroxyl groups is 1. The topological polar surface area (TPSA) is 187 Å². The average molecular weight is 797 g/mol. The van der Waals surface area contributed by atoms with Crippen LogP contribution < -0.4 is 15.8 Å². The number of rotatable bonds is 5. The van der Waals surface area contributed by atoms with Crippen LogP contribution in [-0.2, 0) is 15.1 Å². The maximum atomic E-state index is 14.4. The molecule has 1 spiro atoms. The largest absolute Gasteiger partial charge is 0.494 e. The first-order chi connectivity index (χ1) is 29.0. The summed E-state index contributed by atoms with van der Waals surface area (Å²) in [5.74, 6) is -2.93. The molecule has 0 aliphatic carbocycles. The predicted molar refractivity (Wildman–Crippen MR) is 224 cm³/mol. The van der Waals surface area contributed by atoms with Crippen LogP contribution in [0.2, 0.25) is 0 Å². The summed E-state index contributed by atoms with van der Waals surface area (Å²) < 4.78 is 1.58. The number of para-hydroxylation sites is 4. The number of hydrogen-bond donors (Lipinski definition) is 4. The van der Waals surface area contributed by atoms with E-state index in [0.717, 1.165) is 16.5 Å². The van der Waals surface area contributed by atoms with Crippen LogP contribution in [0.4, 0.5) is 11.4 Å². The van der Waals surface area contributed by atoms with E-state index in [1.54, 1.807) is 34.9 Å². The standard InChI is InChI=1S/C31H26N4O5.C16H10N2O2/c1-16(2)15-22-24-25(28(38)34(27(24)37)18-13-11-17(12-14-18)29(39)40)31(33-22)20-8-4-6-10-23(20)35-26(36)19-7-3-5-9-21(19)32-30(31)35;19-15-10-6-2-4-8-12(10)17-14(15)13-9-5-1-3-7-11(9)18-16(13)20/h3-14,16,22,24-25,33H,15H2,1-2H3,(H,39,40);1-8,18,20H/t22?,24-,25+,31?;/m0./s1. The molecular weight excluding hydrogens is 761 g/mol. The quantitative estimate of drug-likeness (QED) is 0.138. The number of carboxylic acid groups (broad SMARTS) is 1. The van der Waals surface area contributed by atoms with Crippen molar-refractivity contribution >= 4 is 62.5 Å². The molecule has 2 saturated heterocycles. The summed E-state index contributed by atoms with van der Waals surface area (Å²) >= 11 is 0. The van der Waals surface area contributed by atoms with E-state index in [-0.39, 0.29) is 40.7 Å². The Hall–Kier alpha value is -7.51. The molecule has 5 aromatic carbocycles. The van der Waals surface area contributed by atoms with E-state index in [0.29, 0.717) is 57.0 Å². The van der Waals surface area contributed by atoms with Gasteiger partial charge in [-0.3, -0.25) is 29.1 Å². The van der Waals surface area contributed by atoms with Crippen LogP contribution >= 0.6 is 0 Å². The number of nitrogens with one attached hydrogen (secondary N) is 2. The summed E-state index contributed by atoms with van der Waals surface area (Å²) in [5, 5.41) is 24.4. The molecule has 2 unspecified atom stereocenters. The van der Waals surface area contributed by atoms with Gasteiger partial charge in [-0.15, -0.1) is 0 Å². The number of carbonyl (C=O) groups excluding carboxylic acids is 3. The van der Waals surface area contributed by atoms with Gasteiger partial charge in [0, 0.05) is 28.1 Å². The van der Waals surface area contributed by atoms with Crippen molar-refractivity contribution < 1.29 is 29.4 Å². The van der Waals surface area contributed by atoms with E-state index in [2.05, 4.69) is 29.1 Å². The minimum absolute atomic E-state index is 0.0221. The number of nitrogens with zero attached hydrogens (tertiary/aromatic N) is 4. The number of hydrogen-bond acceptors (Lipinski definition) is 9. The maximum absolute atomic E-state index is 14.4. The second-order valence-electron chi connectivity index (χ2n) is 15.9. The normalized spacial score (nSPS) is 21.0. The van der Waals surface area contributed by atoms with Crippen molar-refractivity contribution in [2.45, 2.75) is 31.8 Å². The number of aromatic carboxylic acids is 1. The van der Waals surface area contributed by atoms with Gasteiger partial charge in [0.2, 0.25) is 17.6 Å². The molecule has 6 heterocycles. The van der Waals surface area contributed by atoms with E-state index in [9.17, 15) is 34.2 Å². The third-order valence-corrected chi connectivity index (χ3v) is 12.0. The molecule has 7 aromatic rings. The molecule has 13 heteroatoms. The van der Waals surface area contributed by atoms with Crippen molar-refractivity contribution in [2.75, 3.05) is 4.90 Å². The van der Waals surface area contributed by atoms with E-state index >= 15 is 0 Å². The summed E-state index contributed by atoms with van der Waals surface area (Å²) in [6.07, 6.45) is 0.633. The Morgan fingerprint density at radius 3 is 2.25 bits per heavy atom. The maximum Gasteiger partial charge on any atom is 0.335 e. The van der Waals surface area contributed by atoms with Gasteiger partial charge in [-0.25, -0.2) is 19.7 Å².